The molecule has 20 heavy (non-hydrogen) atoms. The van der Waals surface area contributed by atoms with Crippen LogP contribution in [0.3, 0.4) is 0 Å². The van der Waals surface area contributed by atoms with Gasteiger partial charge in [-0.1, -0.05) is 30.3 Å². The van der Waals surface area contributed by atoms with Crippen molar-refractivity contribution in [3.63, 3.8) is 0 Å². The summed E-state index contributed by atoms with van der Waals surface area (Å²) in [6.07, 6.45) is 0. The number of carbonyl (C=O) groups is 3. The molecule has 0 saturated heterocycles. The average molecular weight is 277 g/mol. The summed E-state index contributed by atoms with van der Waals surface area (Å²) in [6.45, 7) is 4.52. The highest BCUT2D eigenvalue weighted by Gasteiger charge is 2.35. The van der Waals surface area contributed by atoms with E-state index in [9.17, 15) is 14.4 Å². The number of esters is 1. The molecule has 0 aromatic heterocycles. The van der Waals surface area contributed by atoms with Crippen molar-refractivity contribution in [1.82, 2.24) is 5.32 Å². The van der Waals surface area contributed by atoms with Gasteiger partial charge in [-0.05, 0) is 19.4 Å². The van der Waals surface area contributed by atoms with Gasteiger partial charge >= 0.3 is 5.97 Å². The topological polar surface area (TPSA) is 72.5 Å². The molecule has 0 spiro atoms. The second kappa shape index (κ2) is 7.43. The molecule has 1 amide bonds. The van der Waals surface area contributed by atoms with Crippen molar-refractivity contribution in [3.8, 4) is 0 Å². The van der Waals surface area contributed by atoms with Crippen LogP contribution in [0.2, 0.25) is 0 Å². The Kier molecular flexibility index (Phi) is 5.90. The molecule has 1 rings (SSSR count). The SMILES string of the molecule is CCOC(=O)[C@@H](C(C)=O)[C@H](NC(C)=O)c1ccccc1. The Morgan fingerprint density at radius 3 is 2.20 bits per heavy atom. The summed E-state index contributed by atoms with van der Waals surface area (Å²) in [6, 6.07) is 8.19. The Morgan fingerprint density at radius 1 is 1.15 bits per heavy atom. The van der Waals surface area contributed by atoms with Gasteiger partial charge < -0.3 is 10.1 Å². The quantitative estimate of drug-likeness (QED) is 0.633. The molecule has 0 unspecified atom stereocenters. The highest BCUT2D eigenvalue weighted by Crippen LogP contribution is 2.24. The second-order valence-corrected chi connectivity index (χ2v) is 4.43. The molecule has 0 aliphatic rings. The second-order valence-electron chi connectivity index (χ2n) is 4.43. The minimum atomic E-state index is -1.04. The lowest BCUT2D eigenvalue weighted by Crippen LogP contribution is -2.40. The van der Waals surface area contributed by atoms with E-state index in [1.807, 2.05) is 6.07 Å². The van der Waals surface area contributed by atoms with E-state index in [0.717, 1.165) is 0 Å². The molecule has 1 aromatic rings. The Labute approximate surface area is 118 Å². The van der Waals surface area contributed by atoms with Crippen LogP contribution < -0.4 is 5.32 Å². The van der Waals surface area contributed by atoms with Gasteiger partial charge in [-0.3, -0.25) is 14.4 Å². The monoisotopic (exact) mass is 277 g/mol. The van der Waals surface area contributed by atoms with Crippen LogP contribution in [0, 0.1) is 5.92 Å². The molecule has 1 aromatic carbocycles. The first-order chi connectivity index (χ1) is 9.47. The summed E-state index contributed by atoms with van der Waals surface area (Å²) >= 11 is 0. The van der Waals surface area contributed by atoms with Crippen molar-refractivity contribution in [2.75, 3.05) is 6.61 Å². The Morgan fingerprint density at radius 2 is 1.75 bits per heavy atom. The van der Waals surface area contributed by atoms with E-state index in [0.29, 0.717) is 5.56 Å². The van der Waals surface area contributed by atoms with Gasteiger partial charge in [-0.25, -0.2) is 0 Å². The van der Waals surface area contributed by atoms with Crippen molar-refractivity contribution in [2.45, 2.75) is 26.8 Å². The predicted molar refractivity (Wildman–Crippen MR) is 73.8 cm³/mol. The molecule has 108 valence electrons. The van der Waals surface area contributed by atoms with Crippen molar-refractivity contribution >= 4 is 17.7 Å². The number of rotatable bonds is 6. The van der Waals surface area contributed by atoms with Gasteiger partial charge in [0.05, 0.1) is 12.6 Å². The summed E-state index contributed by atoms with van der Waals surface area (Å²) in [5.41, 5.74) is 0.691. The molecular weight excluding hydrogens is 258 g/mol. The van der Waals surface area contributed by atoms with Crippen LogP contribution in [0.4, 0.5) is 0 Å². The summed E-state index contributed by atoms with van der Waals surface area (Å²) in [5.74, 6) is -2.32. The third kappa shape index (κ3) is 4.19. The van der Waals surface area contributed by atoms with Crippen LogP contribution in [-0.2, 0) is 19.1 Å². The number of Topliss-reactive ketones (excluding diaryl/α,β-unsaturated/α-hetero) is 1. The molecule has 0 aliphatic carbocycles. The highest BCUT2D eigenvalue weighted by molar-refractivity contribution is 5.99. The first kappa shape index (κ1) is 15.9. The minimum absolute atomic E-state index is 0.185. The van der Waals surface area contributed by atoms with Gasteiger partial charge in [0.25, 0.3) is 0 Å². The van der Waals surface area contributed by atoms with E-state index >= 15 is 0 Å². The minimum Gasteiger partial charge on any atom is -0.465 e. The Bertz CT molecular complexity index is 484. The van der Waals surface area contributed by atoms with Crippen molar-refractivity contribution in [2.24, 2.45) is 5.92 Å². The van der Waals surface area contributed by atoms with Gasteiger partial charge in [0.1, 0.15) is 11.7 Å². The van der Waals surface area contributed by atoms with Crippen LogP contribution in [-0.4, -0.2) is 24.3 Å². The molecule has 0 saturated carbocycles. The smallest absolute Gasteiger partial charge is 0.318 e. The first-order valence-electron chi connectivity index (χ1n) is 6.46. The maximum absolute atomic E-state index is 12.0. The predicted octanol–water partition coefficient (Wildman–Crippen LogP) is 1.63. The number of carbonyl (C=O) groups excluding carboxylic acids is 3. The van der Waals surface area contributed by atoms with Crippen molar-refractivity contribution in [3.05, 3.63) is 35.9 Å². The van der Waals surface area contributed by atoms with E-state index in [4.69, 9.17) is 4.74 Å². The van der Waals surface area contributed by atoms with E-state index in [1.165, 1.54) is 13.8 Å². The van der Waals surface area contributed by atoms with Gasteiger partial charge in [-0.2, -0.15) is 0 Å². The lowest BCUT2D eigenvalue weighted by molar-refractivity contribution is -0.152. The van der Waals surface area contributed by atoms with Gasteiger partial charge in [-0.15, -0.1) is 0 Å². The molecule has 0 fully saturated rings. The molecule has 5 heteroatoms. The lowest BCUT2D eigenvalue weighted by atomic mass is 9.90. The van der Waals surface area contributed by atoms with E-state index in [1.54, 1.807) is 31.2 Å². The zero-order chi connectivity index (χ0) is 15.1. The average Bonchev–Trinajstić information content (AvgIpc) is 2.38. The van der Waals surface area contributed by atoms with E-state index < -0.39 is 17.9 Å². The maximum Gasteiger partial charge on any atom is 0.318 e. The fourth-order valence-electron chi connectivity index (χ4n) is 2.01. The summed E-state index contributed by atoms with van der Waals surface area (Å²) in [7, 11) is 0. The number of nitrogens with one attached hydrogen (secondary N) is 1. The number of benzene rings is 1. The third-order valence-corrected chi connectivity index (χ3v) is 2.83. The molecule has 5 nitrogen and oxygen atoms in total. The zero-order valence-corrected chi connectivity index (χ0v) is 11.9. The van der Waals surface area contributed by atoms with Crippen LogP contribution >= 0.6 is 0 Å². The summed E-state index contributed by atoms with van der Waals surface area (Å²) in [4.78, 5) is 35.2. The molecular formula is C15H19NO4. The summed E-state index contributed by atoms with van der Waals surface area (Å²) < 4.78 is 4.94. The maximum atomic E-state index is 12.0. The number of hydrogen-bond donors (Lipinski definition) is 1. The molecule has 0 bridgehead atoms. The fraction of sp³-hybridized carbons (Fsp3) is 0.400. The van der Waals surface area contributed by atoms with E-state index in [-0.39, 0.29) is 18.3 Å². The fourth-order valence-corrected chi connectivity index (χ4v) is 2.01. The number of ketones is 1. The normalized spacial score (nSPS) is 13.2. The van der Waals surface area contributed by atoms with Crippen molar-refractivity contribution < 1.29 is 19.1 Å². The number of amides is 1. The Balaban J connectivity index is 3.15. The van der Waals surface area contributed by atoms with Crippen LogP contribution in [0.25, 0.3) is 0 Å². The first-order valence-corrected chi connectivity index (χ1v) is 6.46. The molecule has 0 radical (unpaired) electrons. The van der Waals surface area contributed by atoms with Gasteiger partial charge in [0.2, 0.25) is 5.91 Å². The largest absolute Gasteiger partial charge is 0.465 e. The number of ether oxygens (including phenoxy) is 1. The molecule has 0 aliphatic heterocycles. The van der Waals surface area contributed by atoms with E-state index in [2.05, 4.69) is 5.32 Å². The molecule has 2 atom stereocenters. The van der Waals surface area contributed by atoms with Crippen LogP contribution in [0.5, 0.6) is 0 Å². The molecule has 1 N–H and O–H groups in total. The van der Waals surface area contributed by atoms with Crippen molar-refractivity contribution in [1.29, 1.82) is 0 Å². The standard InChI is InChI=1S/C15H19NO4/c1-4-20-15(19)13(10(2)17)14(16-11(3)18)12-8-6-5-7-9-12/h5-9,13-14H,4H2,1-3H3,(H,16,18)/t13-,14+/m0/s1. The number of hydrogen-bond acceptors (Lipinski definition) is 4. The van der Waals surface area contributed by atoms with Gasteiger partial charge in [0, 0.05) is 6.92 Å². The summed E-state index contributed by atoms with van der Waals surface area (Å²) in [5, 5.41) is 2.66. The van der Waals surface area contributed by atoms with Gasteiger partial charge in [0.15, 0.2) is 0 Å². The molecule has 0 heterocycles. The third-order valence-electron chi connectivity index (χ3n) is 2.83. The lowest BCUT2D eigenvalue weighted by Gasteiger charge is -2.24. The van der Waals surface area contributed by atoms with Crippen LogP contribution in [0.1, 0.15) is 32.4 Å². The van der Waals surface area contributed by atoms with Crippen LogP contribution in [0.15, 0.2) is 30.3 Å². The Hall–Kier alpha value is -2.17. The zero-order valence-electron chi connectivity index (χ0n) is 11.9. The highest BCUT2D eigenvalue weighted by atomic mass is 16.5.